The molecule has 0 saturated carbocycles. The van der Waals surface area contributed by atoms with Gasteiger partial charge in [0.2, 0.25) is 0 Å². The van der Waals surface area contributed by atoms with Crippen molar-refractivity contribution in [1.82, 2.24) is 4.57 Å². The van der Waals surface area contributed by atoms with E-state index in [0.29, 0.717) is 28.7 Å². The molecule has 0 spiro atoms. The number of carbonyl (C=O) groups is 2. The van der Waals surface area contributed by atoms with Gasteiger partial charge in [0.15, 0.2) is 6.29 Å². The zero-order chi connectivity index (χ0) is 14.9. The van der Waals surface area contributed by atoms with E-state index >= 15 is 0 Å². The van der Waals surface area contributed by atoms with Crippen LogP contribution in [0.4, 0.5) is 0 Å². The number of aromatic nitrogens is 1. The summed E-state index contributed by atoms with van der Waals surface area (Å²) < 4.78 is 16.9. The highest BCUT2D eigenvalue weighted by Crippen LogP contribution is 2.38. The number of esters is 1. The van der Waals surface area contributed by atoms with Crippen LogP contribution in [0.5, 0.6) is 11.5 Å². The van der Waals surface area contributed by atoms with Gasteiger partial charge in [0.25, 0.3) is 0 Å². The second-order valence-corrected chi connectivity index (χ2v) is 4.12. The van der Waals surface area contributed by atoms with E-state index in [1.54, 1.807) is 23.7 Å². The van der Waals surface area contributed by atoms with Crippen molar-refractivity contribution in [1.29, 1.82) is 0 Å². The summed E-state index contributed by atoms with van der Waals surface area (Å²) in [5.41, 5.74) is 1.000. The van der Waals surface area contributed by atoms with Crippen LogP contribution in [-0.2, 0) is 11.8 Å². The van der Waals surface area contributed by atoms with Crippen LogP contribution in [0.25, 0.3) is 10.9 Å². The van der Waals surface area contributed by atoms with Crippen molar-refractivity contribution < 1.29 is 23.8 Å². The number of ether oxygens (including phenoxy) is 3. The van der Waals surface area contributed by atoms with Crippen LogP contribution in [0.15, 0.2) is 12.1 Å². The summed E-state index contributed by atoms with van der Waals surface area (Å²) in [4.78, 5) is 23.3. The Morgan fingerprint density at radius 2 is 1.75 bits per heavy atom. The molecule has 6 heteroatoms. The van der Waals surface area contributed by atoms with Gasteiger partial charge in [0.05, 0.1) is 37.8 Å². The van der Waals surface area contributed by atoms with Gasteiger partial charge < -0.3 is 18.8 Å². The van der Waals surface area contributed by atoms with Gasteiger partial charge in [-0.05, 0) is 12.1 Å². The third-order valence-electron chi connectivity index (χ3n) is 3.23. The molecular weight excluding hydrogens is 262 g/mol. The number of hydrogen-bond donors (Lipinski definition) is 0. The standard InChI is InChI=1S/C14H15NO5/c1-15-12(14(17)20-4)8(7-16)11-9(18-2)5-6-10(19-3)13(11)15/h5-7H,1-4H3. The minimum atomic E-state index is -0.588. The van der Waals surface area contributed by atoms with E-state index in [9.17, 15) is 9.59 Å². The number of aryl methyl sites for hydroxylation is 1. The van der Waals surface area contributed by atoms with Crippen LogP contribution in [0.3, 0.4) is 0 Å². The van der Waals surface area contributed by atoms with Crippen LogP contribution in [-0.4, -0.2) is 38.2 Å². The van der Waals surface area contributed by atoms with Gasteiger partial charge in [-0.15, -0.1) is 0 Å². The van der Waals surface area contributed by atoms with Gasteiger partial charge >= 0.3 is 5.97 Å². The molecule has 20 heavy (non-hydrogen) atoms. The molecule has 0 saturated heterocycles. The Kier molecular flexibility index (Phi) is 3.65. The number of fused-ring (bicyclic) bond motifs is 1. The van der Waals surface area contributed by atoms with E-state index in [4.69, 9.17) is 14.2 Å². The molecular formula is C14H15NO5. The van der Waals surface area contributed by atoms with E-state index in [1.807, 2.05) is 0 Å². The zero-order valence-electron chi connectivity index (χ0n) is 11.7. The molecule has 0 unspecified atom stereocenters. The van der Waals surface area contributed by atoms with Gasteiger partial charge in [0.1, 0.15) is 17.2 Å². The normalized spacial score (nSPS) is 10.4. The van der Waals surface area contributed by atoms with Gasteiger partial charge in [-0.2, -0.15) is 0 Å². The summed E-state index contributed by atoms with van der Waals surface area (Å²) in [5, 5.41) is 0.532. The average molecular weight is 277 g/mol. The topological polar surface area (TPSA) is 66.8 Å². The van der Waals surface area contributed by atoms with Crippen molar-refractivity contribution in [3.8, 4) is 11.5 Å². The molecule has 0 N–H and O–H groups in total. The first-order valence-corrected chi connectivity index (χ1v) is 5.87. The smallest absolute Gasteiger partial charge is 0.355 e. The van der Waals surface area contributed by atoms with Crippen molar-refractivity contribution in [2.75, 3.05) is 21.3 Å². The number of benzene rings is 1. The first-order chi connectivity index (χ1) is 9.60. The number of methoxy groups -OCH3 is 3. The van der Waals surface area contributed by atoms with E-state index in [2.05, 4.69) is 0 Å². The number of nitrogens with zero attached hydrogens (tertiary/aromatic N) is 1. The third kappa shape index (κ3) is 1.80. The Labute approximate surface area is 115 Å². The summed E-state index contributed by atoms with van der Waals surface area (Å²) >= 11 is 0. The largest absolute Gasteiger partial charge is 0.496 e. The first kappa shape index (κ1) is 13.9. The van der Waals surface area contributed by atoms with Crippen molar-refractivity contribution in [2.45, 2.75) is 0 Å². The second kappa shape index (κ2) is 5.24. The summed E-state index contributed by atoms with van der Waals surface area (Å²) in [6.45, 7) is 0. The molecule has 106 valence electrons. The van der Waals surface area contributed by atoms with Crippen LogP contribution in [0, 0.1) is 0 Å². The van der Waals surface area contributed by atoms with Crippen molar-refractivity contribution in [3.63, 3.8) is 0 Å². The molecule has 0 fully saturated rings. The zero-order valence-corrected chi connectivity index (χ0v) is 11.7. The third-order valence-corrected chi connectivity index (χ3v) is 3.23. The molecule has 0 amide bonds. The lowest BCUT2D eigenvalue weighted by atomic mass is 10.1. The molecule has 0 aliphatic heterocycles. The van der Waals surface area contributed by atoms with E-state index in [1.165, 1.54) is 21.3 Å². The molecule has 0 bridgehead atoms. The van der Waals surface area contributed by atoms with Crippen LogP contribution < -0.4 is 9.47 Å². The quantitative estimate of drug-likeness (QED) is 0.629. The summed E-state index contributed by atoms with van der Waals surface area (Å²) in [6.07, 6.45) is 0.622. The SMILES string of the molecule is COC(=O)c1c(C=O)c2c(OC)ccc(OC)c2n1C. The predicted molar refractivity (Wildman–Crippen MR) is 72.8 cm³/mol. The lowest BCUT2D eigenvalue weighted by molar-refractivity contribution is 0.0588. The van der Waals surface area contributed by atoms with E-state index in [0.717, 1.165) is 0 Å². The highest BCUT2D eigenvalue weighted by atomic mass is 16.5. The van der Waals surface area contributed by atoms with Gasteiger partial charge in [-0.25, -0.2) is 4.79 Å². The second-order valence-electron chi connectivity index (χ2n) is 4.12. The van der Waals surface area contributed by atoms with Crippen molar-refractivity contribution >= 4 is 23.2 Å². The molecule has 0 aliphatic carbocycles. The summed E-state index contributed by atoms with van der Waals surface area (Å²) in [7, 11) is 5.96. The van der Waals surface area contributed by atoms with Crippen LogP contribution >= 0.6 is 0 Å². The van der Waals surface area contributed by atoms with Crippen LogP contribution in [0.2, 0.25) is 0 Å². The molecule has 1 aromatic carbocycles. The van der Waals surface area contributed by atoms with E-state index < -0.39 is 5.97 Å². The number of hydrogen-bond acceptors (Lipinski definition) is 5. The number of aldehydes is 1. The Balaban J connectivity index is 3.00. The Hall–Kier alpha value is -2.50. The van der Waals surface area contributed by atoms with E-state index in [-0.39, 0.29) is 11.3 Å². The highest BCUT2D eigenvalue weighted by Gasteiger charge is 2.25. The molecule has 1 heterocycles. The van der Waals surface area contributed by atoms with Crippen molar-refractivity contribution in [2.24, 2.45) is 7.05 Å². The molecule has 2 aromatic rings. The Morgan fingerprint density at radius 1 is 1.15 bits per heavy atom. The van der Waals surface area contributed by atoms with Crippen molar-refractivity contribution in [3.05, 3.63) is 23.4 Å². The Morgan fingerprint density at radius 3 is 2.25 bits per heavy atom. The fourth-order valence-electron chi connectivity index (χ4n) is 2.35. The predicted octanol–water partition coefficient (Wildman–Crippen LogP) is 1.79. The Bertz CT molecular complexity index is 687. The highest BCUT2D eigenvalue weighted by molar-refractivity contribution is 6.12. The van der Waals surface area contributed by atoms with Gasteiger partial charge in [-0.1, -0.05) is 0 Å². The fourth-order valence-corrected chi connectivity index (χ4v) is 2.35. The van der Waals surface area contributed by atoms with Gasteiger partial charge in [0, 0.05) is 7.05 Å². The maximum absolute atomic E-state index is 11.9. The minimum absolute atomic E-state index is 0.167. The molecule has 0 radical (unpaired) electrons. The maximum atomic E-state index is 11.9. The molecule has 0 aliphatic rings. The monoisotopic (exact) mass is 277 g/mol. The summed E-state index contributed by atoms with van der Waals surface area (Å²) in [5.74, 6) is 0.449. The minimum Gasteiger partial charge on any atom is -0.496 e. The fraction of sp³-hybridized carbons (Fsp3) is 0.286. The lowest BCUT2D eigenvalue weighted by Crippen LogP contribution is -2.10. The molecule has 1 aromatic heterocycles. The summed E-state index contributed by atoms with van der Waals surface area (Å²) in [6, 6.07) is 3.41. The van der Waals surface area contributed by atoms with Gasteiger partial charge in [-0.3, -0.25) is 4.79 Å². The molecule has 6 nitrogen and oxygen atoms in total. The molecule has 0 atom stereocenters. The molecule has 2 rings (SSSR count). The average Bonchev–Trinajstić information content (AvgIpc) is 2.78. The van der Waals surface area contributed by atoms with Crippen LogP contribution in [0.1, 0.15) is 20.8 Å². The first-order valence-electron chi connectivity index (χ1n) is 5.87. The number of rotatable bonds is 4. The number of carbonyl (C=O) groups excluding carboxylic acids is 2. The maximum Gasteiger partial charge on any atom is 0.355 e. The lowest BCUT2D eigenvalue weighted by Gasteiger charge is -2.08.